The van der Waals surface area contributed by atoms with Gasteiger partial charge in [-0.3, -0.25) is 9.59 Å². The number of para-hydroxylation sites is 1. The Morgan fingerprint density at radius 3 is 2.75 bits per heavy atom. The monoisotopic (exact) mass is 324 g/mol. The maximum Gasteiger partial charge on any atom is 0.258 e. The number of aryl methyl sites for hydroxylation is 1. The number of ether oxygens (including phenoxy) is 1. The average molecular weight is 324 g/mol. The highest BCUT2D eigenvalue weighted by atomic mass is 16.5. The second-order valence-corrected chi connectivity index (χ2v) is 5.91. The van der Waals surface area contributed by atoms with Gasteiger partial charge in [-0.2, -0.15) is 0 Å². The SMILES string of the molecule is Cc1cccc(OCC(=O)N[C@H]2CC(=O)N(c3ccccc3)C2)c1. The summed E-state index contributed by atoms with van der Waals surface area (Å²) in [4.78, 5) is 25.9. The topological polar surface area (TPSA) is 58.6 Å². The Morgan fingerprint density at radius 2 is 2.00 bits per heavy atom. The van der Waals surface area contributed by atoms with Gasteiger partial charge in [0.25, 0.3) is 5.91 Å². The molecule has 5 heteroatoms. The van der Waals surface area contributed by atoms with Crippen molar-refractivity contribution >= 4 is 17.5 Å². The highest BCUT2D eigenvalue weighted by molar-refractivity contribution is 5.96. The standard InChI is InChI=1S/C19H20N2O3/c1-14-6-5-9-17(10-14)24-13-18(22)20-15-11-19(23)21(12-15)16-7-3-2-4-8-16/h2-10,15H,11-13H2,1H3,(H,20,22)/t15-/m0/s1. The fourth-order valence-electron chi connectivity index (χ4n) is 2.79. The predicted molar refractivity (Wildman–Crippen MR) is 92.0 cm³/mol. The molecular formula is C19H20N2O3. The summed E-state index contributed by atoms with van der Waals surface area (Å²) >= 11 is 0. The average Bonchev–Trinajstić information content (AvgIpc) is 2.94. The van der Waals surface area contributed by atoms with Gasteiger partial charge < -0.3 is 15.0 Å². The number of hydrogen-bond acceptors (Lipinski definition) is 3. The summed E-state index contributed by atoms with van der Waals surface area (Å²) < 4.78 is 5.49. The van der Waals surface area contributed by atoms with Crippen LogP contribution in [0.25, 0.3) is 0 Å². The summed E-state index contributed by atoms with van der Waals surface area (Å²) in [6.45, 7) is 2.40. The summed E-state index contributed by atoms with van der Waals surface area (Å²) in [6, 6.07) is 16.8. The smallest absolute Gasteiger partial charge is 0.258 e. The Hall–Kier alpha value is -2.82. The normalized spacial score (nSPS) is 17.0. The van der Waals surface area contributed by atoms with Gasteiger partial charge in [-0.15, -0.1) is 0 Å². The summed E-state index contributed by atoms with van der Waals surface area (Å²) in [5.74, 6) is 0.467. The highest BCUT2D eigenvalue weighted by Crippen LogP contribution is 2.21. The zero-order chi connectivity index (χ0) is 16.9. The van der Waals surface area contributed by atoms with E-state index in [9.17, 15) is 9.59 Å². The minimum Gasteiger partial charge on any atom is -0.484 e. The number of amides is 2. The first kappa shape index (κ1) is 16.1. The molecule has 3 rings (SSSR count). The lowest BCUT2D eigenvalue weighted by molar-refractivity contribution is -0.123. The van der Waals surface area contributed by atoms with Crippen molar-refractivity contribution in [3.63, 3.8) is 0 Å². The largest absolute Gasteiger partial charge is 0.484 e. The van der Waals surface area contributed by atoms with Crippen LogP contribution in [0.3, 0.4) is 0 Å². The van der Waals surface area contributed by atoms with Gasteiger partial charge in [-0.25, -0.2) is 0 Å². The first-order valence-electron chi connectivity index (χ1n) is 7.96. The minimum absolute atomic E-state index is 0.0195. The van der Waals surface area contributed by atoms with Crippen LogP contribution in [0.5, 0.6) is 5.75 Å². The molecule has 1 atom stereocenters. The second kappa shape index (κ2) is 7.17. The molecule has 1 aliphatic heterocycles. The molecule has 1 fully saturated rings. The molecule has 0 aliphatic carbocycles. The lowest BCUT2D eigenvalue weighted by Crippen LogP contribution is -2.39. The van der Waals surface area contributed by atoms with Crippen molar-refractivity contribution in [2.24, 2.45) is 0 Å². The number of anilines is 1. The molecule has 0 radical (unpaired) electrons. The molecule has 1 heterocycles. The molecular weight excluding hydrogens is 304 g/mol. The van der Waals surface area contributed by atoms with Crippen LogP contribution < -0.4 is 15.0 Å². The van der Waals surface area contributed by atoms with Crippen molar-refractivity contribution < 1.29 is 14.3 Å². The number of benzene rings is 2. The molecule has 1 saturated heterocycles. The van der Waals surface area contributed by atoms with Crippen LogP contribution in [0.1, 0.15) is 12.0 Å². The third kappa shape index (κ3) is 3.93. The van der Waals surface area contributed by atoms with E-state index < -0.39 is 0 Å². The van der Waals surface area contributed by atoms with Gasteiger partial charge >= 0.3 is 0 Å². The van der Waals surface area contributed by atoms with Gasteiger partial charge in [0.2, 0.25) is 5.91 Å². The molecule has 0 aromatic heterocycles. The third-order valence-electron chi connectivity index (χ3n) is 3.92. The number of nitrogens with zero attached hydrogens (tertiary/aromatic N) is 1. The summed E-state index contributed by atoms with van der Waals surface area (Å²) in [6.07, 6.45) is 0.311. The number of carbonyl (C=O) groups is 2. The molecule has 0 spiro atoms. The number of carbonyl (C=O) groups excluding carboxylic acids is 2. The van der Waals surface area contributed by atoms with Crippen LogP contribution in [-0.4, -0.2) is 31.0 Å². The maximum atomic E-state index is 12.1. The van der Waals surface area contributed by atoms with Crippen LogP contribution in [0, 0.1) is 6.92 Å². The first-order valence-corrected chi connectivity index (χ1v) is 7.96. The molecule has 0 bridgehead atoms. The van der Waals surface area contributed by atoms with Crippen molar-refractivity contribution in [3.05, 3.63) is 60.2 Å². The van der Waals surface area contributed by atoms with Crippen LogP contribution >= 0.6 is 0 Å². The van der Waals surface area contributed by atoms with E-state index in [1.807, 2.05) is 61.5 Å². The van der Waals surface area contributed by atoms with Crippen molar-refractivity contribution in [2.75, 3.05) is 18.1 Å². The van der Waals surface area contributed by atoms with Gasteiger partial charge in [0.05, 0.1) is 6.04 Å². The minimum atomic E-state index is -0.218. The molecule has 0 saturated carbocycles. The first-order chi connectivity index (χ1) is 11.6. The van der Waals surface area contributed by atoms with Crippen LogP contribution in [0.2, 0.25) is 0 Å². The molecule has 2 amide bonds. The van der Waals surface area contributed by atoms with E-state index in [2.05, 4.69) is 5.32 Å². The van der Waals surface area contributed by atoms with Gasteiger partial charge in [0.15, 0.2) is 6.61 Å². The maximum absolute atomic E-state index is 12.1. The molecule has 1 N–H and O–H groups in total. The van der Waals surface area contributed by atoms with E-state index in [-0.39, 0.29) is 24.5 Å². The quantitative estimate of drug-likeness (QED) is 0.918. The molecule has 124 valence electrons. The van der Waals surface area contributed by atoms with E-state index in [0.29, 0.717) is 18.7 Å². The number of rotatable bonds is 5. The zero-order valence-electron chi connectivity index (χ0n) is 13.6. The van der Waals surface area contributed by atoms with Crippen molar-refractivity contribution in [1.82, 2.24) is 5.32 Å². The molecule has 2 aromatic rings. The summed E-state index contributed by atoms with van der Waals surface area (Å²) in [7, 11) is 0. The van der Waals surface area contributed by atoms with Crippen LogP contribution in [-0.2, 0) is 9.59 Å². The molecule has 1 aliphatic rings. The van der Waals surface area contributed by atoms with Crippen molar-refractivity contribution in [1.29, 1.82) is 0 Å². The molecule has 24 heavy (non-hydrogen) atoms. The van der Waals surface area contributed by atoms with E-state index in [1.54, 1.807) is 4.90 Å². The van der Waals surface area contributed by atoms with Gasteiger partial charge in [0, 0.05) is 18.7 Å². The molecule has 0 unspecified atom stereocenters. The Labute approximate surface area is 141 Å². The Morgan fingerprint density at radius 1 is 1.21 bits per heavy atom. The Bertz CT molecular complexity index is 730. The van der Waals surface area contributed by atoms with Gasteiger partial charge in [-0.05, 0) is 36.8 Å². The third-order valence-corrected chi connectivity index (χ3v) is 3.92. The van der Waals surface area contributed by atoms with E-state index in [4.69, 9.17) is 4.74 Å². The second-order valence-electron chi connectivity index (χ2n) is 5.91. The van der Waals surface area contributed by atoms with Crippen molar-refractivity contribution in [2.45, 2.75) is 19.4 Å². The van der Waals surface area contributed by atoms with Gasteiger partial charge in [-0.1, -0.05) is 30.3 Å². The molecule has 2 aromatic carbocycles. The van der Waals surface area contributed by atoms with Crippen LogP contribution in [0.4, 0.5) is 5.69 Å². The lowest BCUT2D eigenvalue weighted by Gasteiger charge is -2.17. The van der Waals surface area contributed by atoms with E-state index in [1.165, 1.54) is 0 Å². The van der Waals surface area contributed by atoms with E-state index >= 15 is 0 Å². The fourth-order valence-corrected chi connectivity index (χ4v) is 2.79. The number of hydrogen-bond donors (Lipinski definition) is 1. The van der Waals surface area contributed by atoms with Gasteiger partial charge in [0.1, 0.15) is 5.75 Å². The lowest BCUT2D eigenvalue weighted by atomic mass is 10.2. The Kier molecular flexibility index (Phi) is 4.79. The fraction of sp³-hybridized carbons (Fsp3) is 0.263. The predicted octanol–water partition coefficient (Wildman–Crippen LogP) is 2.30. The van der Waals surface area contributed by atoms with Crippen molar-refractivity contribution in [3.8, 4) is 5.75 Å². The molecule has 5 nitrogen and oxygen atoms in total. The highest BCUT2D eigenvalue weighted by Gasteiger charge is 2.31. The number of nitrogens with one attached hydrogen (secondary N) is 1. The summed E-state index contributed by atoms with van der Waals surface area (Å²) in [5, 5.41) is 2.87. The van der Waals surface area contributed by atoms with E-state index in [0.717, 1.165) is 11.3 Å². The summed E-state index contributed by atoms with van der Waals surface area (Å²) in [5.41, 5.74) is 1.93. The Balaban J connectivity index is 1.51. The zero-order valence-corrected chi connectivity index (χ0v) is 13.6. The van der Waals surface area contributed by atoms with Crippen LogP contribution in [0.15, 0.2) is 54.6 Å².